The fraction of sp³-hybridized carbons (Fsp3) is 0.533. The summed E-state index contributed by atoms with van der Waals surface area (Å²) < 4.78 is 0. The van der Waals surface area contributed by atoms with E-state index in [0.717, 1.165) is 25.2 Å². The Labute approximate surface area is 114 Å². The van der Waals surface area contributed by atoms with Gasteiger partial charge in [-0.25, -0.2) is 0 Å². The Morgan fingerprint density at radius 2 is 2.11 bits per heavy atom. The van der Waals surface area contributed by atoms with Crippen LogP contribution < -0.4 is 10.2 Å². The first kappa shape index (κ1) is 13.9. The molecule has 2 atom stereocenters. The number of benzene rings is 1. The number of nitrogens with one attached hydrogen (secondary N) is 1. The molecule has 0 bridgehead atoms. The highest BCUT2D eigenvalue weighted by Crippen LogP contribution is 2.24. The second-order valence-electron chi connectivity index (χ2n) is 5.34. The number of hydrogen-bond acceptors (Lipinski definition) is 3. The van der Waals surface area contributed by atoms with Gasteiger partial charge < -0.3 is 15.3 Å². The number of carboxylic acid groups (broad SMARTS) is 1. The van der Waals surface area contributed by atoms with Crippen LogP contribution in [0.15, 0.2) is 24.3 Å². The molecule has 0 amide bonds. The van der Waals surface area contributed by atoms with Crippen molar-refractivity contribution in [1.29, 1.82) is 0 Å². The number of rotatable bonds is 3. The molecule has 4 heteroatoms. The molecular formula is C15H22N2O2. The summed E-state index contributed by atoms with van der Waals surface area (Å²) in [4.78, 5) is 13.3. The molecule has 0 radical (unpaired) electrons. The van der Waals surface area contributed by atoms with Gasteiger partial charge in [-0.05, 0) is 38.9 Å². The van der Waals surface area contributed by atoms with E-state index in [1.165, 1.54) is 5.56 Å². The smallest absolute Gasteiger partial charge is 0.305 e. The minimum atomic E-state index is -0.738. The van der Waals surface area contributed by atoms with Gasteiger partial charge in [0.05, 0.1) is 12.5 Å². The van der Waals surface area contributed by atoms with Crippen molar-refractivity contribution in [2.75, 3.05) is 18.0 Å². The molecule has 4 nitrogen and oxygen atoms in total. The van der Waals surface area contributed by atoms with Crippen molar-refractivity contribution in [3.8, 4) is 0 Å². The van der Waals surface area contributed by atoms with E-state index in [2.05, 4.69) is 48.3 Å². The molecule has 0 spiro atoms. The van der Waals surface area contributed by atoms with Gasteiger partial charge in [-0.2, -0.15) is 0 Å². The van der Waals surface area contributed by atoms with Gasteiger partial charge in [-0.3, -0.25) is 4.79 Å². The van der Waals surface area contributed by atoms with E-state index in [4.69, 9.17) is 5.11 Å². The third kappa shape index (κ3) is 3.47. The Hall–Kier alpha value is -1.55. The van der Waals surface area contributed by atoms with Gasteiger partial charge in [0.15, 0.2) is 0 Å². The van der Waals surface area contributed by atoms with E-state index < -0.39 is 5.97 Å². The first-order valence-corrected chi connectivity index (χ1v) is 6.85. The molecule has 2 N–H and O–H groups in total. The largest absolute Gasteiger partial charge is 0.481 e. The zero-order chi connectivity index (χ0) is 13.8. The minimum absolute atomic E-state index is 0.0118. The lowest BCUT2D eigenvalue weighted by Crippen LogP contribution is -2.45. The number of carboxylic acids is 1. The number of aliphatic carboxylic acids is 1. The fourth-order valence-corrected chi connectivity index (χ4v) is 2.73. The fourth-order valence-electron chi connectivity index (χ4n) is 2.73. The van der Waals surface area contributed by atoms with E-state index in [1.807, 2.05) is 0 Å². The molecule has 0 aliphatic carbocycles. The topological polar surface area (TPSA) is 52.6 Å². The van der Waals surface area contributed by atoms with Gasteiger partial charge in [0.2, 0.25) is 0 Å². The highest BCUT2D eigenvalue weighted by Gasteiger charge is 2.27. The monoisotopic (exact) mass is 262 g/mol. The third-order valence-corrected chi connectivity index (χ3v) is 3.73. The van der Waals surface area contributed by atoms with E-state index in [0.29, 0.717) is 6.04 Å². The number of aryl methyl sites for hydroxylation is 1. The number of anilines is 1. The third-order valence-electron chi connectivity index (χ3n) is 3.73. The maximum absolute atomic E-state index is 11.1. The molecule has 0 aromatic heterocycles. The summed E-state index contributed by atoms with van der Waals surface area (Å²) in [5.41, 5.74) is 2.34. The van der Waals surface area contributed by atoms with Crippen LogP contribution in [-0.4, -0.2) is 36.2 Å². The average Bonchev–Trinajstić information content (AvgIpc) is 2.52. The molecule has 1 aliphatic heterocycles. The summed E-state index contributed by atoms with van der Waals surface area (Å²) >= 11 is 0. The minimum Gasteiger partial charge on any atom is -0.481 e. The van der Waals surface area contributed by atoms with Crippen LogP contribution in [0, 0.1) is 6.92 Å². The molecular weight excluding hydrogens is 240 g/mol. The van der Waals surface area contributed by atoms with Gasteiger partial charge in [0.1, 0.15) is 0 Å². The molecule has 1 saturated heterocycles. The summed E-state index contributed by atoms with van der Waals surface area (Å²) in [6.45, 7) is 5.90. The van der Waals surface area contributed by atoms with Crippen LogP contribution in [0.25, 0.3) is 0 Å². The molecule has 2 rings (SSSR count). The molecule has 1 aromatic rings. The second-order valence-corrected chi connectivity index (χ2v) is 5.34. The summed E-state index contributed by atoms with van der Waals surface area (Å²) in [7, 11) is 0. The van der Waals surface area contributed by atoms with Crippen LogP contribution in [0.2, 0.25) is 0 Å². The quantitative estimate of drug-likeness (QED) is 0.875. The lowest BCUT2D eigenvalue weighted by molar-refractivity contribution is -0.137. The predicted octanol–water partition coefficient (Wildman–Crippen LogP) is 2.03. The highest BCUT2D eigenvalue weighted by molar-refractivity contribution is 5.69. The van der Waals surface area contributed by atoms with Crippen molar-refractivity contribution in [1.82, 2.24) is 5.32 Å². The summed E-state index contributed by atoms with van der Waals surface area (Å²) in [5, 5.41) is 12.4. The van der Waals surface area contributed by atoms with Gasteiger partial charge in [-0.1, -0.05) is 17.7 Å². The zero-order valence-corrected chi connectivity index (χ0v) is 11.6. The second kappa shape index (κ2) is 6.06. The van der Waals surface area contributed by atoms with Crippen LogP contribution >= 0.6 is 0 Å². The molecule has 0 saturated carbocycles. The van der Waals surface area contributed by atoms with E-state index in [1.54, 1.807) is 0 Å². The normalized spacial score (nSPS) is 24.0. The van der Waals surface area contributed by atoms with Crippen molar-refractivity contribution in [3.05, 3.63) is 29.8 Å². The van der Waals surface area contributed by atoms with Crippen molar-refractivity contribution in [2.24, 2.45) is 0 Å². The van der Waals surface area contributed by atoms with E-state index in [9.17, 15) is 4.79 Å². The Bertz CT molecular complexity index is 430. The van der Waals surface area contributed by atoms with E-state index in [-0.39, 0.29) is 12.5 Å². The van der Waals surface area contributed by atoms with Crippen molar-refractivity contribution < 1.29 is 9.90 Å². The first-order chi connectivity index (χ1) is 9.08. The van der Waals surface area contributed by atoms with Gasteiger partial charge in [-0.15, -0.1) is 0 Å². The molecule has 2 unspecified atom stereocenters. The van der Waals surface area contributed by atoms with Crippen LogP contribution in [-0.2, 0) is 4.79 Å². The summed E-state index contributed by atoms with van der Waals surface area (Å²) in [5.74, 6) is -0.738. The van der Waals surface area contributed by atoms with Crippen LogP contribution in [0.3, 0.4) is 0 Å². The summed E-state index contributed by atoms with van der Waals surface area (Å²) in [6, 6.07) is 8.70. The molecule has 1 fully saturated rings. The summed E-state index contributed by atoms with van der Waals surface area (Å²) in [6.07, 6.45) is 1.20. The van der Waals surface area contributed by atoms with Crippen LogP contribution in [0.4, 0.5) is 5.69 Å². The predicted molar refractivity (Wildman–Crippen MR) is 76.6 cm³/mol. The molecule has 1 aromatic carbocycles. The molecule has 1 aliphatic rings. The zero-order valence-electron chi connectivity index (χ0n) is 11.6. The lowest BCUT2D eigenvalue weighted by atomic mass is 10.1. The van der Waals surface area contributed by atoms with Gasteiger partial charge in [0, 0.05) is 18.3 Å². The maximum Gasteiger partial charge on any atom is 0.305 e. The first-order valence-electron chi connectivity index (χ1n) is 6.85. The van der Waals surface area contributed by atoms with Crippen molar-refractivity contribution >= 4 is 11.7 Å². The Morgan fingerprint density at radius 1 is 1.42 bits per heavy atom. The van der Waals surface area contributed by atoms with Crippen molar-refractivity contribution in [2.45, 2.75) is 38.8 Å². The Balaban J connectivity index is 2.27. The Morgan fingerprint density at radius 3 is 2.74 bits per heavy atom. The highest BCUT2D eigenvalue weighted by atomic mass is 16.4. The van der Waals surface area contributed by atoms with Gasteiger partial charge in [0.25, 0.3) is 0 Å². The van der Waals surface area contributed by atoms with Gasteiger partial charge >= 0.3 is 5.97 Å². The molecule has 19 heavy (non-hydrogen) atoms. The van der Waals surface area contributed by atoms with Crippen LogP contribution in [0.5, 0.6) is 0 Å². The number of carbonyl (C=O) groups is 1. The lowest BCUT2D eigenvalue weighted by Gasteiger charge is -2.36. The standard InChI is InChI=1S/C15H22N2O2/c1-11-3-5-13(6-4-11)17-12(2)7-8-16-10-14(17)9-15(18)19/h3-6,12,14,16H,7-10H2,1-2H3,(H,18,19). The Kier molecular flexibility index (Phi) is 4.43. The average molecular weight is 262 g/mol. The van der Waals surface area contributed by atoms with Crippen LogP contribution in [0.1, 0.15) is 25.3 Å². The molecule has 104 valence electrons. The number of nitrogens with zero attached hydrogens (tertiary/aromatic N) is 1. The van der Waals surface area contributed by atoms with E-state index >= 15 is 0 Å². The maximum atomic E-state index is 11.1. The molecule has 1 heterocycles. The number of hydrogen-bond donors (Lipinski definition) is 2. The van der Waals surface area contributed by atoms with Crippen molar-refractivity contribution in [3.63, 3.8) is 0 Å². The SMILES string of the molecule is Cc1ccc(N2C(C)CCNCC2CC(=O)O)cc1.